The Labute approximate surface area is 248 Å². The maximum Gasteiger partial charge on any atom is 0.339 e. The fourth-order valence-electron chi connectivity index (χ4n) is 5.24. The fraction of sp³-hybridized carbons (Fsp3) is 0.556. The van der Waals surface area contributed by atoms with Gasteiger partial charge < -0.3 is 24.5 Å². The highest BCUT2D eigenvalue weighted by Gasteiger charge is 2.32. The Hall–Kier alpha value is -1.23. The summed E-state index contributed by atoms with van der Waals surface area (Å²) in [6, 6.07) is 20.4. The maximum absolute atomic E-state index is 12.7. The van der Waals surface area contributed by atoms with E-state index in [1.165, 1.54) is 11.1 Å². The van der Waals surface area contributed by atoms with Gasteiger partial charge in [0.05, 0.1) is 6.29 Å². The van der Waals surface area contributed by atoms with Crippen LogP contribution in [-0.2, 0) is 26.8 Å². The Morgan fingerprint density at radius 3 is 1.29 bits per heavy atom. The minimum atomic E-state index is -4.70. The van der Waals surface area contributed by atoms with Gasteiger partial charge in [0.2, 0.25) is 7.37 Å². The van der Waals surface area contributed by atoms with Crippen LogP contribution >= 0.6 is 22.6 Å². The Bertz CT molecular complexity index is 1210. The lowest BCUT2D eigenvalue weighted by Crippen LogP contribution is -2.41. The van der Waals surface area contributed by atoms with E-state index >= 15 is 0 Å². The number of hydrogen-bond donors (Lipinski definition) is 5. The molecule has 42 heavy (non-hydrogen) atoms. The molecule has 5 N–H and O–H groups in total. The van der Waals surface area contributed by atoms with Crippen LogP contribution in [0.25, 0.3) is 0 Å². The SMILES string of the molecule is O=P(O)(O)CN1CCCN(Cc2ccccc2)CCN(Cc2ccccc2)CCCN(CP(=O)(O)CP(=O)(O)O)CC1. The second-order valence-corrected chi connectivity index (χ2v) is 17.1. The largest absolute Gasteiger partial charge is 0.343 e. The Kier molecular flexibility index (Phi) is 14.0. The van der Waals surface area contributed by atoms with E-state index in [0.29, 0.717) is 32.5 Å². The molecule has 0 radical (unpaired) electrons. The van der Waals surface area contributed by atoms with Crippen molar-refractivity contribution in [1.29, 1.82) is 0 Å². The quantitative estimate of drug-likeness (QED) is 0.240. The summed E-state index contributed by atoms with van der Waals surface area (Å²) in [7, 11) is -13.2. The van der Waals surface area contributed by atoms with E-state index in [4.69, 9.17) is 0 Å². The molecule has 1 fully saturated rings. The molecule has 15 heteroatoms. The predicted octanol–water partition coefficient (Wildman–Crippen LogP) is 2.89. The molecule has 12 nitrogen and oxygen atoms in total. The molecule has 1 atom stereocenters. The number of benzene rings is 2. The third-order valence-electron chi connectivity index (χ3n) is 7.07. The van der Waals surface area contributed by atoms with Crippen molar-refractivity contribution in [2.24, 2.45) is 0 Å². The monoisotopic (exact) mass is 646 g/mol. The van der Waals surface area contributed by atoms with E-state index < -0.39 is 41.0 Å². The van der Waals surface area contributed by atoms with Crippen LogP contribution in [0.5, 0.6) is 0 Å². The van der Waals surface area contributed by atoms with Gasteiger partial charge in [0.1, 0.15) is 12.2 Å². The van der Waals surface area contributed by atoms with Crippen molar-refractivity contribution >= 4 is 22.6 Å². The second kappa shape index (κ2) is 16.7. The predicted molar refractivity (Wildman–Crippen MR) is 164 cm³/mol. The van der Waals surface area contributed by atoms with Crippen molar-refractivity contribution in [3.8, 4) is 0 Å². The summed E-state index contributed by atoms with van der Waals surface area (Å²) in [5, 5.41) is 0. The van der Waals surface area contributed by atoms with Crippen LogP contribution in [0.2, 0.25) is 0 Å². The molecule has 1 unspecified atom stereocenters. The van der Waals surface area contributed by atoms with Gasteiger partial charge in [0, 0.05) is 45.8 Å². The number of hydrogen-bond acceptors (Lipinski definition) is 7. The van der Waals surface area contributed by atoms with Crippen molar-refractivity contribution in [2.75, 3.05) is 70.8 Å². The van der Waals surface area contributed by atoms with Gasteiger partial charge in [-0.2, -0.15) is 0 Å². The summed E-state index contributed by atoms with van der Waals surface area (Å²) in [5.41, 5.74) is 2.37. The molecule has 1 aliphatic rings. The van der Waals surface area contributed by atoms with E-state index in [2.05, 4.69) is 34.1 Å². The lowest BCUT2D eigenvalue weighted by atomic mass is 10.2. The zero-order chi connectivity index (χ0) is 30.6. The van der Waals surface area contributed by atoms with Gasteiger partial charge in [-0.3, -0.25) is 33.3 Å². The van der Waals surface area contributed by atoms with Crippen LogP contribution in [0, 0.1) is 0 Å². The fourth-order valence-corrected chi connectivity index (χ4v) is 9.61. The molecule has 0 amide bonds. The summed E-state index contributed by atoms with van der Waals surface area (Å²) >= 11 is 0. The van der Waals surface area contributed by atoms with E-state index in [0.717, 1.165) is 32.7 Å². The first-order valence-electron chi connectivity index (χ1n) is 14.1. The summed E-state index contributed by atoms with van der Waals surface area (Å²) in [4.78, 5) is 56.5. The van der Waals surface area contributed by atoms with Gasteiger partial charge in [-0.1, -0.05) is 60.7 Å². The molecule has 0 saturated carbocycles. The molecular weight excluding hydrogens is 601 g/mol. The Balaban J connectivity index is 1.79. The average molecular weight is 647 g/mol. The molecule has 0 spiro atoms. The summed E-state index contributed by atoms with van der Waals surface area (Å²) in [6.45, 7) is 5.80. The topological polar surface area (TPSA) is 165 Å². The average Bonchev–Trinajstić information content (AvgIpc) is 2.88. The van der Waals surface area contributed by atoms with Crippen LogP contribution in [0.1, 0.15) is 24.0 Å². The van der Waals surface area contributed by atoms with Crippen LogP contribution in [0.3, 0.4) is 0 Å². The summed E-state index contributed by atoms with van der Waals surface area (Å²) < 4.78 is 36.1. The molecule has 1 aliphatic heterocycles. The molecule has 0 aromatic heterocycles. The van der Waals surface area contributed by atoms with Crippen LogP contribution in [0.15, 0.2) is 60.7 Å². The van der Waals surface area contributed by atoms with Gasteiger partial charge in [0.15, 0.2) is 0 Å². The first-order chi connectivity index (χ1) is 19.8. The van der Waals surface area contributed by atoms with Gasteiger partial charge in [0.25, 0.3) is 0 Å². The standard InChI is InChI=1S/C27H45N4O8P3/c32-40(33,25-42(37,38)39)23-30-15-7-13-28(21-26-9-3-1-4-10-26)17-18-29(22-27-11-5-2-6-12-27)14-8-16-31(20-19-30)24-41(34,35)36/h1-6,9-12H,7-8,13-25H2,(H,32,33)(H2,34,35,36)(H2,37,38,39). The van der Waals surface area contributed by atoms with Gasteiger partial charge >= 0.3 is 15.2 Å². The molecule has 0 aliphatic carbocycles. The normalized spacial score (nSPS) is 20.1. The second-order valence-electron chi connectivity index (χ2n) is 11.1. The van der Waals surface area contributed by atoms with E-state index in [9.17, 15) is 38.2 Å². The smallest absolute Gasteiger partial charge is 0.339 e. The first-order valence-corrected chi connectivity index (χ1v) is 19.8. The zero-order valence-corrected chi connectivity index (χ0v) is 26.7. The van der Waals surface area contributed by atoms with Crippen molar-refractivity contribution < 1.29 is 38.2 Å². The minimum Gasteiger partial charge on any atom is -0.343 e. The van der Waals surface area contributed by atoms with Crippen molar-refractivity contribution in [3.63, 3.8) is 0 Å². The molecule has 0 bridgehead atoms. The van der Waals surface area contributed by atoms with E-state index in [1.54, 1.807) is 9.80 Å². The zero-order valence-electron chi connectivity index (χ0n) is 24.0. The molecule has 1 saturated heterocycles. The minimum absolute atomic E-state index is 0.234. The van der Waals surface area contributed by atoms with E-state index in [1.807, 2.05) is 36.4 Å². The third kappa shape index (κ3) is 15.0. The summed E-state index contributed by atoms with van der Waals surface area (Å²) in [6.07, 6.45) is 0.483. The molecular formula is C27H45N4O8P3. The molecule has 2 aromatic rings. The molecule has 2 aromatic carbocycles. The van der Waals surface area contributed by atoms with Crippen LogP contribution in [-0.4, -0.2) is 115 Å². The number of nitrogens with zero attached hydrogens (tertiary/aromatic N) is 4. The van der Waals surface area contributed by atoms with Gasteiger partial charge in [-0.05, 0) is 43.6 Å². The highest BCUT2D eigenvalue weighted by molar-refractivity contribution is 7.72. The lowest BCUT2D eigenvalue weighted by Gasteiger charge is -2.32. The van der Waals surface area contributed by atoms with Crippen molar-refractivity contribution in [1.82, 2.24) is 19.6 Å². The van der Waals surface area contributed by atoms with Crippen LogP contribution < -0.4 is 0 Å². The highest BCUT2D eigenvalue weighted by atomic mass is 31.2. The Morgan fingerprint density at radius 2 is 0.881 bits per heavy atom. The molecule has 236 valence electrons. The van der Waals surface area contributed by atoms with Gasteiger partial charge in [-0.15, -0.1) is 0 Å². The molecule has 1 heterocycles. The first kappa shape index (κ1) is 35.3. The van der Waals surface area contributed by atoms with E-state index in [-0.39, 0.29) is 13.1 Å². The number of rotatable bonds is 10. The van der Waals surface area contributed by atoms with Gasteiger partial charge in [-0.25, -0.2) is 0 Å². The Morgan fingerprint density at radius 1 is 0.500 bits per heavy atom. The summed E-state index contributed by atoms with van der Waals surface area (Å²) in [5.74, 6) is -1.10. The van der Waals surface area contributed by atoms with Crippen LogP contribution in [0.4, 0.5) is 0 Å². The molecule has 3 rings (SSSR count). The maximum atomic E-state index is 12.7. The van der Waals surface area contributed by atoms with Crippen molar-refractivity contribution in [3.05, 3.63) is 71.8 Å². The highest BCUT2D eigenvalue weighted by Crippen LogP contribution is 2.54. The van der Waals surface area contributed by atoms with Crippen molar-refractivity contribution in [2.45, 2.75) is 25.9 Å². The lowest BCUT2D eigenvalue weighted by molar-refractivity contribution is 0.161. The third-order valence-corrected chi connectivity index (χ3v) is 11.9.